The molecule has 1 heterocycles. The van der Waals surface area contributed by atoms with Crippen LogP contribution in [0.1, 0.15) is 21.5 Å². The molecule has 0 unspecified atom stereocenters. The number of carbonyl (C=O) groups is 1. The second kappa shape index (κ2) is 7.12. The van der Waals surface area contributed by atoms with Crippen LogP contribution in [-0.4, -0.2) is 32.2 Å². The first-order valence-corrected chi connectivity index (χ1v) is 10.1. The van der Waals surface area contributed by atoms with Gasteiger partial charge in [0.25, 0.3) is 5.91 Å². The maximum atomic E-state index is 13.0. The zero-order valence-corrected chi connectivity index (χ0v) is 16.3. The number of rotatable bonds is 3. The van der Waals surface area contributed by atoms with Crippen molar-refractivity contribution in [3.63, 3.8) is 0 Å². The fourth-order valence-electron chi connectivity index (χ4n) is 4.29. The van der Waals surface area contributed by atoms with Crippen molar-refractivity contribution in [1.29, 1.82) is 0 Å². The van der Waals surface area contributed by atoms with Gasteiger partial charge in [-0.25, -0.2) is 0 Å². The maximum Gasteiger partial charge on any atom is 0.256 e. The van der Waals surface area contributed by atoms with Gasteiger partial charge < -0.3 is 15.0 Å². The molecule has 142 valence electrons. The summed E-state index contributed by atoms with van der Waals surface area (Å²) >= 11 is 6.50. The number of nitrogens with one attached hydrogen (secondary N) is 1. The molecular weight excluding hydrogens is 372 g/mol. The summed E-state index contributed by atoms with van der Waals surface area (Å²) in [4.78, 5) is 15.2. The number of morpholine rings is 1. The normalized spacial score (nSPS) is 15.8. The number of aryl methyl sites for hydroxylation is 2. The molecule has 5 rings (SSSR count). The molecule has 3 aromatic carbocycles. The highest BCUT2D eigenvalue weighted by molar-refractivity contribution is 6.33. The highest BCUT2D eigenvalue weighted by atomic mass is 35.5. The molecule has 5 heteroatoms. The van der Waals surface area contributed by atoms with Crippen LogP contribution in [-0.2, 0) is 17.6 Å². The summed E-state index contributed by atoms with van der Waals surface area (Å²) in [7, 11) is 0. The highest BCUT2D eigenvalue weighted by Crippen LogP contribution is 2.34. The van der Waals surface area contributed by atoms with Crippen molar-refractivity contribution in [2.24, 2.45) is 0 Å². The summed E-state index contributed by atoms with van der Waals surface area (Å²) in [6, 6.07) is 16.0. The lowest BCUT2D eigenvalue weighted by Crippen LogP contribution is -2.36. The van der Waals surface area contributed by atoms with E-state index in [1.807, 2.05) is 36.4 Å². The van der Waals surface area contributed by atoms with Crippen LogP contribution in [0.15, 0.2) is 48.5 Å². The van der Waals surface area contributed by atoms with Crippen molar-refractivity contribution in [1.82, 2.24) is 0 Å². The number of anilines is 2. The third-order valence-electron chi connectivity index (χ3n) is 5.68. The Morgan fingerprint density at radius 3 is 2.57 bits per heavy atom. The fraction of sp³-hybridized carbons (Fsp3) is 0.261. The van der Waals surface area contributed by atoms with Crippen LogP contribution in [0.25, 0.3) is 10.8 Å². The average molecular weight is 393 g/mol. The van der Waals surface area contributed by atoms with Crippen molar-refractivity contribution in [3.8, 4) is 0 Å². The van der Waals surface area contributed by atoms with Crippen molar-refractivity contribution >= 4 is 39.7 Å². The highest BCUT2D eigenvalue weighted by Gasteiger charge is 2.19. The molecule has 1 aliphatic heterocycles. The number of hydrogen-bond donors (Lipinski definition) is 1. The number of hydrogen-bond acceptors (Lipinski definition) is 3. The second-order valence-corrected chi connectivity index (χ2v) is 7.74. The van der Waals surface area contributed by atoms with Gasteiger partial charge in [0, 0.05) is 24.3 Å². The number of benzene rings is 3. The molecule has 28 heavy (non-hydrogen) atoms. The SMILES string of the molecule is O=C(Nc1ccc(N2CCOCC2)c(Cl)c1)c1ccc2c3c(cccc13)CC2. The van der Waals surface area contributed by atoms with E-state index in [2.05, 4.69) is 22.3 Å². The molecule has 0 atom stereocenters. The average Bonchev–Trinajstić information content (AvgIpc) is 3.14. The lowest BCUT2D eigenvalue weighted by atomic mass is 9.99. The minimum Gasteiger partial charge on any atom is -0.378 e. The fourth-order valence-corrected chi connectivity index (χ4v) is 4.59. The van der Waals surface area contributed by atoms with Crippen LogP contribution in [0.4, 0.5) is 11.4 Å². The third kappa shape index (κ3) is 3.03. The lowest BCUT2D eigenvalue weighted by molar-refractivity contribution is 0.102. The summed E-state index contributed by atoms with van der Waals surface area (Å²) in [5.41, 5.74) is 5.06. The van der Waals surface area contributed by atoms with Gasteiger partial charge in [-0.05, 0) is 59.0 Å². The molecule has 1 amide bonds. The van der Waals surface area contributed by atoms with Crippen LogP contribution in [0.3, 0.4) is 0 Å². The summed E-state index contributed by atoms with van der Waals surface area (Å²) in [5.74, 6) is -0.106. The predicted molar refractivity (Wildman–Crippen MR) is 114 cm³/mol. The summed E-state index contributed by atoms with van der Waals surface area (Å²) in [6.07, 6.45) is 2.10. The Labute approximate surface area is 169 Å². The van der Waals surface area contributed by atoms with Gasteiger partial charge in [-0.2, -0.15) is 0 Å². The van der Waals surface area contributed by atoms with Gasteiger partial charge in [0.05, 0.1) is 23.9 Å². The van der Waals surface area contributed by atoms with Crippen LogP contribution in [0.2, 0.25) is 5.02 Å². The predicted octanol–water partition coefficient (Wildman–Crippen LogP) is 4.68. The largest absolute Gasteiger partial charge is 0.378 e. The van der Waals surface area contributed by atoms with Gasteiger partial charge in [0.15, 0.2) is 0 Å². The second-order valence-electron chi connectivity index (χ2n) is 7.33. The van der Waals surface area contributed by atoms with E-state index in [4.69, 9.17) is 16.3 Å². The van der Waals surface area contributed by atoms with Crippen LogP contribution < -0.4 is 10.2 Å². The van der Waals surface area contributed by atoms with Crippen LogP contribution in [0, 0.1) is 0 Å². The Morgan fingerprint density at radius 2 is 1.79 bits per heavy atom. The molecule has 3 aromatic rings. The molecule has 0 spiro atoms. The van der Waals surface area contributed by atoms with E-state index in [0.717, 1.165) is 37.0 Å². The Balaban J connectivity index is 1.42. The monoisotopic (exact) mass is 392 g/mol. The third-order valence-corrected chi connectivity index (χ3v) is 5.98. The molecule has 0 aromatic heterocycles. The van der Waals surface area contributed by atoms with Crippen molar-refractivity contribution in [2.45, 2.75) is 12.8 Å². The molecule has 0 radical (unpaired) electrons. The molecule has 0 saturated carbocycles. The van der Waals surface area contributed by atoms with E-state index < -0.39 is 0 Å². The van der Waals surface area contributed by atoms with Crippen LogP contribution in [0.5, 0.6) is 0 Å². The van der Waals surface area contributed by atoms with E-state index in [9.17, 15) is 4.79 Å². The molecule has 4 nitrogen and oxygen atoms in total. The minimum absolute atomic E-state index is 0.106. The van der Waals surface area contributed by atoms with Crippen LogP contribution >= 0.6 is 11.6 Å². The van der Waals surface area contributed by atoms with Gasteiger partial charge in [-0.1, -0.05) is 35.9 Å². The molecular formula is C23H21ClN2O2. The molecule has 1 fully saturated rings. The Bertz CT molecular complexity index is 1060. The number of halogens is 1. The minimum atomic E-state index is -0.106. The van der Waals surface area contributed by atoms with E-state index in [-0.39, 0.29) is 5.91 Å². The van der Waals surface area contributed by atoms with Gasteiger partial charge in [0.2, 0.25) is 0 Å². The number of amides is 1. The van der Waals surface area contributed by atoms with E-state index in [0.29, 0.717) is 29.5 Å². The number of ether oxygens (including phenoxy) is 1. The lowest BCUT2D eigenvalue weighted by Gasteiger charge is -2.29. The number of nitrogens with zero attached hydrogens (tertiary/aromatic N) is 1. The van der Waals surface area contributed by atoms with Gasteiger partial charge in [-0.3, -0.25) is 4.79 Å². The first-order chi connectivity index (χ1) is 13.7. The summed E-state index contributed by atoms with van der Waals surface area (Å²) in [6.45, 7) is 3.07. The first kappa shape index (κ1) is 17.5. The Hall–Kier alpha value is -2.56. The quantitative estimate of drug-likeness (QED) is 0.703. The molecule has 2 aliphatic rings. The number of carbonyl (C=O) groups excluding carboxylic acids is 1. The zero-order valence-electron chi connectivity index (χ0n) is 15.5. The van der Waals surface area contributed by atoms with Crippen molar-refractivity contribution < 1.29 is 9.53 Å². The topological polar surface area (TPSA) is 41.6 Å². The van der Waals surface area contributed by atoms with E-state index in [1.165, 1.54) is 16.5 Å². The van der Waals surface area contributed by atoms with E-state index in [1.54, 1.807) is 0 Å². The Kier molecular flexibility index (Phi) is 4.46. The van der Waals surface area contributed by atoms with Gasteiger partial charge in [0.1, 0.15) is 0 Å². The van der Waals surface area contributed by atoms with Gasteiger partial charge >= 0.3 is 0 Å². The smallest absolute Gasteiger partial charge is 0.256 e. The molecule has 1 saturated heterocycles. The molecule has 0 bridgehead atoms. The zero-order chi connectivity index (χ0) is 19.1. The van der Waals surface area contributed by atoms with Gasteiger partial charge in [-0.15, -0.1) is 0 Å². The standard InChI is InChI=1S/C23H21ClN2O2/c24-20-14-17(7-9-21(20)26-10-12-28-13-11-26)25-23(27)19-8-6-16-5-4-15-2-1-3-18(19)22(15)16/h1-3,6-9,14H,4-5,10-13H2,(H,25,27). The Morgan fingerprint density at radius 1 is 1.00 bits per heavy atom. The molecule has 1 aliphatic carbocycles. The molecule has 1 N–H and O–H groups in total. The summed E-state index contributed by atoms with van der Waals surface area (Å²) in [5, 5.41) is 5.93. The summed E-state index contributed by atoms with van der Waals surface area (Å²) < 4.78 is 5.40. The maximum absolute atomic E-state index is 13.0. The van der Waals surface area contributed by atoms with Crippen molar-refractivity contribution in [3.05, 3.63) is 70.2 Å². The van der Waals surface area contributed by atoms with Crippen molar-refractivity contribution in [2.75, 3.05) is 36.5 Å². The first-order valence-electron chi connectivity index (χ1n) is 9.68. The van der Waals surface area contributed by atoms with E-state index >= 15 is 0 Å².